The number of anilines is 1. The number of nitrogens with two attached hydrogens (primary N) is 1. The quantitative estimate of drug-likeness (QED) is 0.881. The second kappa shape index (κ2) is 4.02. The molecule has 0 aliphatic carbocycles. The molecule has 0 saturated carbocycles. The van der Waals surface area contributed by atoms with Crippen molar-refractivity contribution in [2.75, 3.05) is 5.73 Å². The molecule has 2 heterocycles. The molecule has 0 unspecified atom stereocenters. The first kappa shape index (κ1) is 11.9. The van der Waals surface area contributed by atoms with Crippen molar-refractivity contribution in [3.8, 4) is 5.82 Å². The van der Waals surface area contributed by atoms with Crippen molar-refractivity contribution in [2.45, 2.75) is 6.18 Å². The number of hydrogen-bond acceptors (Lipinski definition) is 3. The summed E-state index contributed by atoms with van der Waals surface area (Å²) in [4.78, 5) is 3.83. The van der Waals surface area contributed by atoms with E-state index in [1.165, 1.54) is 12.3 Å². The van der Waals surface area contributed by atoms with E-state index in [0.29, 0.717) is 9.15 Å². The summed E-state index contributed by atoms with van der Waals surface area (Å²) < 4.78 is 39.4. The Labute approximate surface area is 102 Å². The van der Waals surface area contributed by atoms with Gasteiger partial charge in [0.25, 0.3) is 0 Å². The third-order valence-electron chi connectivity index (χ3n) is 1.95. The molecule has 0 radical (unpaired) electrons. The van der Waals surface area contributed by atoms with E-state index in [2.05, 4.69) is 26.0 Å². The Morgan fingerprint density at radius 1 is 1.29 bits per heavy atom. The van der Waals surface area contributed by atoms with Crippen molar-refractivity contribution in [2.24, 2.45) is 0 Å². The fourth-order valence-electron chi connectivity index (χ4n) is 1.27. The molecule has 17 heavy (non-hydrogen) atoms. The van der Waals surface area contributed by atoms with Gasteiger partial charge in [-0.1, -0.05) is 0 Å². The maximum absolute atomic E-state index is 12.7. The molecule has 0 aromatic carbocycles. The Morgan fingerprint density at radius 3 is 2.53 bits per heavy atom. The summed E-state index contributed by atoms with van der Waals surface area (Å²) in [6.07, 6.45) is -3.15. The van der Waals surface area contributed by atoms with Crippen LogP contribution in [0.5, 0.6) is 0 Å². The third-order valence-corrected chi connectivity index (χ3v) is 2.42. The minimum absolute atomic E-state index is 0.0530. The zero-order valence-corrected chi connectivity index (χ0v) is 9.83. The molecule has 0 atom stereocenters. The van der Waals surface area contributed by atoms with Crippen molar-refractivity contribution in [3.63, 3.8) is 0 Å². The van der Waals surface area contributed by atoms with Crippen LogP contribution in [0.25, 0.3) is 5.82 Å². The van der Waals surface area contributed by atoms with Crippen molar-refractivity contribution >= 4 is 21.7 Å². The van der Waals surface area contributed by atoms with Crippen LogP contribution in [-0.2, 0) is 6.18 Å². The van der Waals surface area contributed by atoms with Gasteiger partial charge in [-0.2, -0.15) is 13.2 Å². The van der Waals surface area contributed by atoms with Crippen LogP contribution >= 0.6 is 15.9 Å². The van der Waals surface area contributed by atoms with Crippen LogP contribution in [0.4, 0.5) is 19.0 Å². The largest absolute Gasteiger partial charge is 0.433 e. The lowest BCUT2D eigenvalue weighted by molar-refractivity contribution is -0.142. The molecular formula is C9H6BrF3N4. The van der Waals surface area contributed by atoms with Crippen molar-refractivity contribution in [1.29, 1.82) is 0 Å². The molecule has 2 aromatic heterocycles. The predicted octanol–water partition coefficient (Wildman–Crippen LogP) is 2.63. The number of nitrogens with zero attached hydrogens (tertiary/aromatic N) is 3. The first-order chi connectivity index (χ1) is 7.88. The zero-order valence-electron chi connectivity index (χ0n) is 8.24. The van der Waals surface area contributed by atoms with Gasteiger partial charge >= 0.3 is 6.18 Å². The average molecular weight is 307 g/mol. The molecule has 0 amide bonds. The number of aromatic nitrogens is 3. The summed E-state index contributed by atoms with van der Waals surface area (Å²) in [6.45, 7) is 0. The SMILES string of the molecule is Nc1cc(C(F)(F)F)n(-c2ccc(Br)cn2)n1. The van der Waals surface area contributed by atoms with Crippen LogP contribution in [0, 0.1) is 0 Å². The first-order valence-corrected chi connectivity index (χ1v) is 5.22. The van der Waals surface area contributed by atoms with E-state index in [1.54, 1.807) is 6.07 Å². The standard InChI is InChI=1S/C9H6BrF3N4/c10-5-1-2-8(15-4-5)17-6(9(11,12)13)3-7(14)16-17/h1-4H,(H2,14,16). The van der Waals surface area contributed by atoms with Gasteiger partial charge in [-0.05, 0) is 28.1 Å². The lowest BCUT2D eigenvalue weighted by Crippen LogP contribution is -2.14. The maximum atomic E-state index is 12.7. The van der Waals surface area contributed by atoms with Gasteiger partial charge in [-0.15, -0.1) is 5.10 Å². The zero-order chi connectivity index (χ0) is 12.6. The van der Waals surface area contributed by atoms with Crippen molar-refractivity contribution in [3.05, 3.63) is 34.6 Å². The lowest BCUT2D eigenvalue weighted by Gasteiger charge is -2.08. The molecule has 0 aliphatic heterocycles. The van der Waals surface area contributed by atoms with Crippen molar-refractivity contribution in [1.82, 2.24) is 14.8 Å². The van der Waals surface area contributed by atoms with Crippen LogP contribution in [-0.4, -0.2) is 14.8 Å². The van der Waals surface area contributed by atoms with Gasteiger partial charge in [0.05, 0.1) is 0 Å². The Kier molecular flexibility index (Phi) is 2.82. The summed E-state index contributed by atoms with van der Waals surface area (Å²) in [6, 6.07) is 3.75. The lowest BCUT2D eigenvalue weighted by atomic mass is 10.4. The predicted molar refractivity (Wildman–Crippen MR) is 58.5 cm³/mol. The highest BCUT2D eigenvalue weighted by molar-refractivity contribution is 9.10. The minimum Gasteiger partial charge on any atom is -0.382 e. The highest BCUT2D eigenvalue weighted by Gasteiger charge is 2.36. The van der Waals surface area contributed by atoms with Gasteiger partial charge < -0.3 is 5.73 Å². The van der Waals surface area contributed by atoms with Crippen LogP contribution in [0.1, 0.15) is 5.69 Å². The van der Waals surface area contributed by atoms with Crippen LogP contribution in [0.3, 0.4) is 0 Å². The smallest absolute Gasteiger partial charge is 0.382 e. The number of nitrogen functional groups attached to an aromatic ring is 1. The molecule has 0 fully saturated rings. The Morgan fingerprint density at radius 2 is 2.00 bits per heavy atom. The summed E-state index contributed by atoms with van der Waals surface area (Å²) >= 11 is 3.14. The highest BCUT2D eigenvalue weighted by Crippen LogP contribution is 2.31. The van der Waals surface area contributed by atoms with Gasteiger partial charge in [-0.3, -0.25) is 0 Å². The summed E-state index contributed by atoms with van der Waals surface area (Å²) in [7, 11) is 0. The summed E-state index contributed by atoms with van der Waals surface area (Å²) in [5, 5.41) is 3.57. The van der Waals surface area contributed by atoms with Crippen LogP contribution < -0.4 is 5.73 Å². The molecule has 0 aliphatic rings. The monoisotopic (exact) mass is 306 g/mol. The molecule has 0 spiro atoms. The van der Waals surface area contributed by atoms with E-state index in [1.807, 2.05) is 0 Å². The summed E-state index contributed by atoms with van der Waals surface area (Å²) in [5.74, 6) is -0.153. The van der Waals surface area contributed by atoms with Gasteiger partial charge in [-0.25, -0.2) is 9.67 Å². The molecule has 90 valence electrons. The Balaban J connectivity index is 2.55. The maximum Gasteiger partial charge on any atom is 0.433 e. The third kappa shape index (κ3) is 2.41. The topological polar surface area (TPSA) is 56.7 Å². The molecule has 0 saturated heterocycles. The van der Waals surface area contributed by atoms with E-state index >= 15 is 0 Å². The fraction of sp³-hybridized carbons (Fsp3) is 0.111. The molecule has 2 aromatic rings. The van der Waals surface area contributed by atoms with E-state index in [4.69, 9.17) is 5.73 Å². The number of alkyl halides is 3. The van der Waals surface area contributed by atoms with E-state index in [9.17, 15) is 13.2 Å². The van der Waals surface area contributed by atoms with Crippen LogP contribution in [0.2, 0.25) is 0 Å². The minimum atomic E-state index is -4.53. The molecule has 2 N–H and O–H groups in total. The highest BCUT2D eigenvalue weighted by atomic mass is 79.9. The average Bonchev–Trinajstić information content (AvgIpc) is 2.61. The fourth-order valence-corrected chi connectivity index (χ4v) is 1.50. The first-order valence-electron chi connectivity index (χ1n) is 4.42. The van der Waals surface area contributed by atoms with Gasteiger partial charge in [0.2, 0.25) is 0 Å². The van der Waals surface area contributed by atoms with Crippen molar-refractivity contribution < 1.29 is 13.2 Å². The molecule has 4 nitrogen and oxygen atoms in total. The number of rotatable bonds is 1. The molecular weight excluding hydrogens is 301 g/mol. The van der Waals surface area contributed by atoms with E-state index in [-0.39, 0.29) is 11.6 Å². The van der Waals surface area contributed by atoms with Crippen LogP contribution in [0.15, 0.2) is 28.9 Å². The van der Waals surface area contributed by atoms with Gasteiger partial charge in [0.1, 0.15) is 5.82 Å². The van der Waals surface area contributed by atoms with Gasteiger partial charge in [0.15, 0.2) is 11.5 Å². The number of hydrogen-bond donors (Lipinski definition) is 1. The van der Waals surface area contributed by atoms with E-state index < -0.39 is 11.9 Å². The second-order valence-corrected chi connectivity index (χ2v) is 4.11. The Bertz CT molecular complexity index is 532. The molecule has 8 heteroatoms. The van der Waals surface area contributed by atoms with E-state index in [0.717, 1.165) is 6.07 Å². The second-order valence-electron chi connectivity index (χ2n) is 3.20. The molecule has 0 bridgehead atoms. The summed E-state index contributed by atoms with van der Waals surface area (Å²) in [5.41, 5.74) is 4.32. The molecule has 2 rings (SSSR count). The normalized spacial score (nSPS) is 11.8. The van der Waals surface area contributed by atoms with Gasteiger partial charge in [0, 0.05) is 16.7 Å². The Hall–Kier alpha value is -1.57. The number of halogens is 4. The number of pyridine rings is 1.